The number of nitrogens with zero attached hydrogens (tertiary/aromatic N) is 3. The van der Waals surface area contributed by atoms with Gasteiger partial charge in [0.1, 0.15) is 11.4 Å². The number of nitrogens with one attached hydrogen (secondary N) is 1. The summed E-state index contributed by atoms with van der Waals surface area (Å²) in [5.74, 6) is 0.493. The van der Waals surface area contributed by atoms with E-state index in [9.17, 15) is 9.59 Å². The number of aromatic nitrogens is 1. The molecule has 2 rings (SSSR count). The first kappa shape index (κ1) is 17.5. The lowest BCUT2D eigenvalue weighted by molar-refractivity contribution is 0.0174. The van der Waals surface area contributed by atoms with E-state index in [1.807, 2.05) is 26.8 Å². The van der Waals surface area contributed by atoms with Crippen LogP contribution in [0.4, 0.5) is 15.4 Å². The number of hydrogen-bond acceptors (Lipinski definition) is 4. The molecule has 0 bridgehead atoms. The van der Waals surface area contributed by atoms with Crippen molar-refractivity contribution >= 4 is 33.9 Å². The molecule has 23 heavy (non-hydrogen) atoms. The Bertz CT molecular complexity index is 563. The van der Waals surface area contributed by atoms with Crippen LogP contribution < -0.4 is 5.32 Å². The predicted molar refractivity (Wildman–Crippen MR) is 90.3 cm³/mol. The van der Waals surface area contributed by atoms with Crippen LogP contribution in [0, 0.1) is 0 Å². The van der Waals surface area contributed by atoms with Gasteiger partial charge in [-0.1, -0.05) is 0 Å². The highest BCUT2D eigenvalue weighted by Gasteiger charge is 2.27. The molecule has 0 aliphatic carbocycles. The molecule has 2 heterocycles. The minimum atomic E-state index is -0.515. The van der Waals surface area contributed by atoms with Gasteiger partial charge in [0.05, 0.1) is 0 Å². The Kier molecular flexibility index (Phi) is 5.46. The first-order chi connectivity index (χ1) is 10.7. The number of pyridine rings is 1. The highest BCUT2D eigenvalue weighted by molar-refractivity contribution is 9.10. The molecule has 8 heteroatoms. The normalized spacial score (nSPS) is 15.3. The Morgan fingerprint density at radius 2 is 1.78 bits per heavy atom. The monoisotopic (exact) mass is 384 g/mol. The molecule has 0 aromatic carbocycles. The summed E-state index contributed by atoms with van der Waals surface area (Å²) >= 11 is 3.29. The van der Waals surface area contributed by atoms with Gasteiger partial charge >= 0.3 is 12.1 Å². The van der Waals surface area contributed by atoms with Crippen LogP contribution >= 0.6 is 15.9 Å². The van der Waals surface area contributed by atoms with Gasteiger partial charge in [-0.05, 0) is 48.8 Å². The zero-order chi connectivity index (χ0) is 17.0. The number of piperazine rings is 1. The van der Waals surface area contributed by atoms with Crippen LogP contribution in [-0.2, 0) is 4.74 Å². The second-order valence-corrected chi connectivity index (χ2v) is 7.16. The van der Waals surface area contributed by atoms with E-state index in [0.29, 0.717) is 32.0 Å². The molecular formula is C15H21BrN4O3. The second-order valence-electron chi connectivity index (χ2n) is 6.25. The van der Waals surface area contributed by atoms with Crippen LogP contribution in [0.1, 0.15) is 20.8 Å². The first-order valence-electron chi connectivity index (χ1n) is 7.40. The van der Waals surface area contributed by atoms with Crippen LogP contribution in [0.3, 0.4) is 0 Å². The van der Waals surface area contributed by atoms with E-state index in [-0.39, 0.29) is 12.1 Å². The number of carbonyl (C=O) groups excluding carboxylic acids is 2. The summed E-state index contributed by atoms with van der Waals surface area (Å²) in [5.41, 5.74) is -0.515. The lowest BCUT2D eigenvalue weighted by Gasteiger charge is -2.35. The SMILES string of the molecule is CC(C)(C)OC(=O)N1CCN(C(=O)Nc2ccc(Br)cn2)CC1. The molecule has 0 spiro atoms. The predicted octanol–water partition coefficient (Wildman–Crippen LogP) is 2.93. The number of rotatable bonds is 1. The van der Waals surface area contributed by atoms with Crippen molar-refractivity contribution in [2.24, 2.45) is 0 Å². The molecule has 0 unspecified atom stereocenters. The molecule has 3 amide bonds. The summed E-state index contributed by atoms with van der Waals surface area (Å²) < 4.78 is 6.18. The molecule has 0 saturated carbocycles. The molecule has 1 aliphatic rings. The van der Waals surface area contributed by atoms with Gasteiger partial charge in [-0.15, -0.1) is 0 Å². The third kappa shape index (κ3) is 5.38. The summed E-state index contributed by atoms with van der Waals surface area (Å²) in [4.78, 5) is 31.6. The fourth-order valence-corrected chi connectivity index (χ4v) is 2.29. The Labute approximate surface area is 144 Å². The van der Waals surface area contributed by atoms with Crippen molar-refractivity contribution in [2.75, 3.05) is 31.5 Å². The average molecular weight is 385 g/mol. The number of anilines is 1. The Balaban J connectivity index is 1.83. The first-order valence-corrected chi connectivity index (χ1v) is 8.19. The molecule has 7 nitrogen and oxygen atoms in total. The quantitative estimate of drug-likeness (QED) is 0.807. The van der Waals surface area contributed by atoms with Crippen LogP contribution in [-0.4, -0.2) is 58.7 Å². The number of amides is 3. The zero-order valence-electron chi connectivity index (χ0n) is 13.5. The van der Waals surface area contributed by atoms with Crippen molar-refractivity contribution in [3.63, 3.8) is 0 Å². The van der Waals surface area contributed by atoms with E-state index in [1.165, 1.54) is 0 Å². The van der Waals surface area contributed by atoms with Crippen LogP contribution in [0.2, 0.25) is 0 Å². The third-order valence-electron chi connectivity index (χ3n) is 3.18. The van der Waals surface area contributed by atoms with Gasteiger partial charge in [-0.3, -0.25) is 5.32 Å². The number of ether oxygens (including phenoxy) is 1. The maximum absolute atomic E-state index is 12.2. The summed E-state index contributed by atoms with van der Waals surface area (Å²) in [6, 6.07) is 3.31. The molecule has 1 fully saturated rings. The Morgan fingerprint density at radius 1 is 1.17 bits per heavy atom. The molecule has 1 aromatic heterocycles. The summed E-state index contributed by atoms with van der Waals surface area (Å²) in [7, 11) is 0. The maximum atomic E-state index is 12.2. The molecule has 1 N–H and O–H groups in total. The molecule has 1 aliphatic heterocycles. The fraction of sp³-hybridized carbons (Fsp3) is 0.533. The van der Waals surface area contributed by atoms with Gasteiger partial charge in [-0.2, -0.15) is 0 Å². The highest BCUT2D eigenvalue weighted by atomic mass is 79.9. The van der Waals surface area contributed by atoms with Crippen molar-refractivity contribution in [1.29, 1.82) is 0 Å². The number of hydrogen-bond donors (Lipinski definition) is 1. The van der Waals surface area contributed by atoms with E-state index in [4.69, 9.17) is 4.74 Å². The molecule has 126 valence electrons. The van der Waals surface area contributed by atoms with Crippen LogP contribution in [0.5, 0.6) is 0 Å². The van der Waals surface area contributed by atoms with E-state index in [2.05, 4.69) is 26.2 Å². The minimum absolute atomic E-state index is 0.219. The van der Waals surface area contributed by atoms with Gasteiger partial charge in [0, 0.05) is 36.8 Å². The largest absolute Gasteiger partial charge is 0.444 e. The molecule has 0 atom stereocenters. The van der Waals surface area contributed by atoms with Crippen molar-refractivity contribution in [3.8, 4) is 0 Å². The van der Waals surface area contributed by atoms with E-state index >= 15 is 0 Å². The lowest BCUT2D eigenvalue weighted by atomic mass is 10.2. The number of halogens is 1. The Morgan fingerprint density at radius 3 is 2.30 bits per heavy atom. The van der Waals surface area contributed by atoms with Crippen molar-refractivity contribution in [1.82, 2.24) is 14.8 Å². The van der Waals surface area contributed by atoms with Gasteiger partial charge < -0.3 is 14.5 Å². The Hall–Kier alpha value is -1.83. The highest BCUT2D eigenvalue weighted by Crippen LogP contribution is 2.14. The van der Waals surface area contributed by atoms with Crippen LogP contribution in [0.25, 0.3) is 0 Å². The number of urea groups is 1. The molecular weight excluding hydrogens is 364 g/mol. The second kappa shape index (κ2) is 7.16. The van der Waals surface area contributed by atoms with Crippen molar-refractivity contribution in [3.05, 3.63) is 22.8 Å². The summed E-state index contributed by atoms with van der Waals surface area (Å²) in [6.07, 6.45) is 1.28. The minimum Gasteiger partial charge on any atom is -0.444 e. The van der Waals surface area contributed by atoms with Crippen LogP contribution in [0.15, 0.2) is 22.8 Å². The van der Waals surface area contributed by atoms with Gasteiger partial charge in [0.25, 0.3) is 0 Å². The smallest absolute Gasteiger partial charge is 0.410 e. The lowest BCUT2D eigenvalue weighted by Crippen LogP contribution is -2.52. The van der Waals surface area contributed by atoms with Gasteiger partial charge in [0.2, 0.25) is 0 Å². The summed E-state index contributed by atoms with van der Waals surface area (Å²) in [5, 5.41) is 2.74. The molecule has 1 saturated heterocycles. The topological polar surface area (TPSA) is 74.8 Å². The number of carbonyl (C=O) groups is 2. The van der Waals surface area contributed by atoms with E-state index < -0.39 is 5.60 Å². The average Bonchev–Trinajstić information content (AvgIpc) is 2.48. The zero-order valence-corrected chi connectivity index (χ0v) is 15.1. The molecule has 1 aromatic rings. The van der Waals surface area contributed by atoms with Crippen molar-refractivity contribution in [2.45, 2.75) is 26.4 Å². The van der Waals surface area contributed by atoms with Crippen molar-refractivity contribution < 1.29 is 14.3 Å². The summed E-state index contributed by atoms with van der Waals surface area (Å²) in [6.45, 7) is 7.33. The fourth-order valence-electron chi connectivity index (χ4n) is 2.06. The van der Waals surface area contributed by atoms with E-state index in [0.717, 1.165) is 4.47 Å². The molecule has 0 radical (unpaired) electrons. The van der Waals surface area contributed by atoms with Gasteiger partial charge in [0.15, 0.2) is 0 Å². The van der Waals surface area contributed by atoms with E-state index in [1.54, 1.807) is 22.1 Å². The standard InChI is InChI=1S/C15H21BrN4O3/c1-15(2,3)23-14(22)20-8-6-19(7-9-20)13(21)18-12-5-4-11(16)10-17-12/h4-5,10H,6-9H2,1-3H3,(H,17,18,21). The van der Waals surface area contributed by atoms with Gasteiger partial charge in [-0.25, -0.2) is 14.6 Å². The maximum Gasteiger partial charge on any atom is 0.410 e. The third-order valence-corrected chi connectivity index (χ3v) is 3.65.